The minimum atomic E-state index is -0.370. The minimum absolute atomic E-state index is 0.0394. The van der Waals surface area contributed by atoms with Gasteiger partial charge in [0.2, 0.25) is 5.91 Å². The Morgan fingerprint density at radius 1 is 1.22 bits per heavy atom. The molecule has 7 heteroatoms. The largest absolute Gasteiger partial charge is 0.361 e. The maximum atomic E-state index is 12.8. The molecule has 1 aromatic heterocycles. The number of carbonyl (C=O) groups excluding carboxylic acids is 3. The number of imide groups is 1. The molecule has 0 unspecified atom stereocenters. The smallest absolute Gasteiger partial charge is 0.276 e. The maximum absolute atomic E-state index is 12.8. The number of fused-ring (bicyclic) bond motifs is 1. The van der Waals surface area contributed by atoms with Crippen LogP contribution in [-0.2, 0) is 14.4 Å². The standard InChI is InChI=1S/C20H20N4O3/c1-2-18(25)23-9-7-13(8-10-23)22-24-19(26)11-15(20(24)27)16-12-21-17-6-4-3-5-14(16)17/h2-6,11-13,21-22H,1,7-10H2. The Bertz CT molecular complexity index is 967. The van der Waals surface area contributed by atoms with Gasteiger partial charge in [-0.1, -0.05) is 24.8 Å². The highest BCUT2D eigenvalue weighted by Crippen LogP contribution is 2.29. The molecule has 1 saturated heterocycles. The van der Waals surface area contributed by atoms with Crippen molar-refractivity contribution in [1.82, 2.24) is 20.3 Å². The summed E-state index contributed by atoms with van der Waals surface area (Å²) >= 11 is 0. The molecule has 1 fully saturated rings. The average molecular weight is 364 g/mol. The zero-order chi connectivity index (χ0) is 19.0. The molecule has 138 valence electrons. The molecule has 0 radical (unpaired) electrons. The molecule has 7 nitrogen and oxygen atoms in total. The molecule has 2 aromatic rings. The summed E-state index contributed by atoms with van der Waals surface area (Å²) in [7, 11) is 0. The van der Waals surface area contributed by atoms with Crippen LogP contribution in [0.2, 0.25) is 0 Å². The number of likely N-dealkylation sites (tertiary alicyclic amines) is 1. The van der Waals surface area contributed by atoms with Crippen LogP contribution in [0.25, 0.3) is 16.5 Å². The van der Waals surface area contributed by atoms with Crippen molar-refractivity contribution in [2.45, 2.75) is 18.9 Å². The Morgan fingerprint density at radius 2 is 1.96 bits per heavy atom. The normalized spacial score (nSPS) is 18.3. The van der Waals surface area contributed by atoms with Crippen molar-refractivity contribution in [3.05, 3.63) is 54.8 Å². The van der Waals surface area contributed by atoms with Crippen LogP contribution in [0.15, 0.2) is 49.2 Å². The summed E-state index contributed by atoms with van der Waals surface area (Å²) in [6.45, 7) is 4.64. The molecule has 3 amide bonds. The number of nitrogens with zero attached hydrogens (tertiary/aromatic N) is 2. The molecular formula is C20H20N4O3. The Hall–Kier alpha value is -3.19. The van der Waals surface area contributed by atoms with Gasteiger partial charge in [0.05, 0.1) is 5.57 Å². The van der Waals surface area contributed by atoms with Gasteiger partial charge in [0.25, 0.3) is 11.8 Å². The minimum Gasteiger partial charge on any atom is -0.361 e. The number of para-hydroxylation sites is 1. The number of amides is 3. The van der Waals surface area contributed by atoms with Crippen LogP contribution in [0, 0.1) is 0 Å². The number of nitrogens with one attached hydrogen (secondary N) is 2. The molecule has 0 aliphatic carbocycles. The van der Waals surface area contributed by atoms with E-state index in [1.807, 2.05) is 24.3 Å². The first kappa shape index (κ1) is 17.2. The van der Waals surface area contributed by atoms with E-state index in [4.69, 9.17) is 0 Å². The second kappa shape index (κ2) is 6.85. The molecule has 2 N–H and O–H groups in total. The molecule has 4 rings (SSSR count). The number of rotatable bonds is 4. The van der Waals surface area contributed by atoms with E-state index in [1.54, 1.807) is 11.1 Å². The Morgan fingerprint density at radius 3 is 2.70 bits per heavy atom. The number of hydrogen-bond donors (Lipinski definition) is 2. The summed E-state index contributed by atoms with van der Waals surface area (Å²) in [5, 5.41) is 2.00. The SMILES string of the molecule is C=CC(=O)N1CCC(NN2C(=O)C=C(c3c[nH]c4ccccc34)C2=O)CC1. The number of hydrogen-bond acceptors (Lipinski definition) is 4. The number of carbonyl (C=O) groups is 3. The lowest BCUT2D eigenvalue weighted by molar-refractivity contribution is -0.142. The van der Waals surface area contributed by atoms with Crippen molar-refractivity contribution in [2.24, 2.45) is 0 Å². The van der Waals surface area contributed by atoms with Gasteiger partial charge in [-0.15, -0.1) is 0 Å². The van der Waals surface area contributed by atoms with Gasteiger partial charge in [0.15, 0.2) is 0 Å². The molecule has 1 aromatic carbocycles. The lowest BCUT2D eigenvalue weighted by Gasteiger charge is -2.33. The number of H-pyrrole nitrogens is 1. The van der Waals surface area contributed by atoms with E-state index >= 15 is 0 Å². The van der Waals surface area contributed by atoms with E-state index in [9.17, 15) is 14.4 Å². The highest BCUT2D eigenvalue weighted by Gasteiger charge is 2.35. The van der Waals surface area contributed by atoms with E-state index in [0.29, 0.717) is 31.5 Å². The molecule has 3 heterocycles. The molecule has 0 atom stereocenters. The van der Waals surface area contributed by atoms with Crippen LogP contribution >= 0.6 is 0 Å². The summed E-state index contributed by atoms with van der Waals surface area (Å²) in [5.74, 6) is -0.815. The van der Waals surface area contributed by atoms with Gasteiger partial charge in [0.1, 0.15) is 0 Å². The van der Waals surface area contributed by atoms with E-state index < -0.39 is 0 Å². The third-order valence-electron chi connectivity index (χ3n) is 5.09. The first-order chi connectivity index (χ1) is 13.1. The maximum Gasteiger partial charge on any atom is 0.276 e. The van der Waals surface area contributed by atoms with Crippen molar-refractivity contribution in [3.8, 4) is 0 Å². The van der Waals surface area contributed by atoms with Crippen molar-refractivity contribution in [2.75, 3.05) is 13.1 Å². The number of piperidine rings is 1. The first-order valence-corrected chi connectivity index (χ1v) is 8.92. The monoisotopic (exact) mass is 364 g/mol. The van der Waals surface area contributed by atoms with E-state index in [1.165, 1.54) is 12.2 Å². The van der Waals surface area contributed by atoms with Gasteiger partial charge in [-0.05, 0) is 25.0 Å². The number of aromatic nitrogens is 1. The van der Waals surface area contributed by atoms with Gasteiger partial charge in [0, 0.05) is 47.9 Å². The van der Waals surface area contributed by atoms with Crippen LogP contribution in [0.4, 0.5) is 0 Å². The Labute approximate surface area is 156 Å². The predicted octanol–water partition coefficient (Wildman–Crippen LogP) is 1.60. The molecule has 0 saturated carbocycles. The highest BCUT2D eigenvalue weighted by molar-refractivity contribution is 6.34. The van der Waals surface area contributed by atoms with Crippen molar-refractivity contribution < 1.29 is 14.4 Å². The number of benzene rings is 1. The number of hydrazine groups is 1. The zero-order valence-corrected chi connectivity index (χ0v) is 14.8. The fourth-order valence-corrected chi connectivity index (χ4v) is 3.62. The van der Waals surface area contributed by atoms with Gasteiger partial charge >= 0.3 is 0 Å². The van der Waals surface area contributed by atoms with Crippen molar-refractivity contribution in [3.63, 3.8) is 0 Å². The van der Waals surface area contributed by atoms with Crippen LogP contribution in [0.1, 0.15) is 18.4 Å². The Balaban J connectivity index is 1.46. The summed E-state index contributed by atoms with van der Waals surface area (Å²) in [4.78, 5) is 41.7. The number of aromatic amines is 1. The van der Waals surface area contributed by atoms with Crippen LogP contribution in [-0.4, -0.2) is 51.7 Å². The Kier molecular flexibility index (Phi) is 4.37. The lowest BCUT2D eigenvalue weighted by Crippen LogP contribution is -2.52. The summed E-state index contributed by atoms with van der Waals surface area (Å²) in [6, 6.07) is 7.62. The molecule has 2 aliphatic heterocycles. The van der Waals surface area contributed by atoms with Gasteiger partial charge in [-0.2, -0.15) is 0 Å². The topological polar surface area (TPSA) is 85.5 Å². The van der Waals surface area contributed by atoms with Gasteiger partial charge < -0.3 is 9.88 Å². The van der Waals surface area contributed by atoms with Crippen LogP contribution < -0.4 is 5.43 Å². The quantitative estimate of drug-likeness (QED) is 0.637. The zero-order valence-electron chi connectivity index (χ0n) is 14.8. The molecule has 2 aliphatic rings. The molecular weight excluding hydrogens is 344 g/mol. The lowest BCUT2D eigenvalue weighted by atomic mass is 10.1. The summed E-state index contributed by atoms with van der Waals surface area (Å²) in [5.41, 5.74) is 5.06. The van der Waals surface area contributed by atoms with E-state index in [2.05, 4.69) is 17.0 Å². The average Bonchev–Trinajstić information content (AvgIpc) is 3.24. The third-order valence-corrected chi connectivity index (χ3v) is 5.09. The molecule has 27 heavy (non-hydrogen) atoms. The first-order valence-electron chi connectivity index (χ1n) is 8.92. The summed E-state index contributed by atoms with van der Waals surface area (Å²) < 4.78 is 0. The van der Waals surface area contributed by atoms with Gasteiger partial charge in [-0.3, -0.25) is 14.4 Å². The van der Waals surface area contributed by atoms with E-state index in [-0.39, 0.29) is 23.8 Å². The van der Waals surface area contributed by atoms with Crippen LogP contribution in [0.5, 0.6) is 0 Å². The summed E-state index contributed by atoms with van der Waals surface area (Å²) in [6.07, 6.45) is 5.77. The second-order valence-electron chi connectivity index (χ2n) is 6.72. The fourth-order valence-electron chi connectivity index (χ4n) is 3.62. The molecule has 0 spiro atoms. The predicted molar refractivity (Wildman–Crippen MR) is 101 cm³/mol. The van der Waals surface area contributed by atoms with E-state index in [0.717, 1.165) is 21.5 Å². The van der Waals surface area contributed by atoms with Crippen LogP contribution in [0.3, 0.4) is 0 Å². The third kappa shape index (κ3) is 3.06. The highest BCUT2D eigenvalue weighted by atomic mass is 16.2. The van der Waals surface area contributed by atoms with Crippen molar-refractivity contribution >= 4 is 34.2 Å². The second-order valence-corrected chi connectivity index (χ2v) is 6.72. The van der Waals surface area contributed by atoms with Crippen molar-refractivity contribution in [1.29, 1.82) is 0 Å². The molecule has 0 bridgehead atoms. The van der Waals surface area contributed by atoms with Gasteiger partial charge in [-0.25, -0.2) is 10.4 Å². The fraction of sp³-hybridized carbons (Fsp3) is 0.250.